The van der Waals surface area contributed by atoms with E-state index < -0.39 is 60.3 Å². The number of ether oxygens (including phenoxy) is 3. The van der Waals surface area contributed by atoms with Gasteiger partial charge in [-0.2, -0.15) is 0 Å². The molecule has 1 saturated carbocycles. The molecule has 9 atom stereocenters. The largest absolute Gasteiger partial charge is 0.480 e. The highest BCUT2D eigenvalue weighted by Gasteiger charge is 2.69. The number of nitrogens with one attached hydrogen (secondary N) is 2. The first-order valence-corrected chi connectivity index (χ1v) is 14.0. The van der Waals surface area contributed by atoms with Gasteiger partial charge in [0.1, 0.15) is 12.6 Å². The van der Waals surface area contributed by atoms with Gasteiger partial charge >= 0.3 is 11.9 Å². The number of hydrogen-bond donors (Lipinski definition) is 3. The Labute approximate surface area is 228 Å². The van der Waals surface area contributed by atoms with Gasteiger partial charge in [-0.15, -0.1) is 0 Å². The van der Waals surface area contributed by atoms with Crippen molar-refractivity contribution in [2.75, 3.05) is 6.54 Å². The normalized spacial score (nSPS) is 37.8. The van der Waals surface area contributed by atoms with E-state index >= 15 is 0 Å². The maximum atomic E-state index is 12.8. The summed E-state index contributed by atoms with van der Waals surface area (Å²) in [5.41, 5.74) is -0.761. The first kappa shape index (κ1) is 29.7. The van der Waals surface area contributed by atoms with Crippen molar-refractivity contribution in [2.45, 2.75) is 110 Å². The van der Waals surface area contributed by atoms with Crippen LogP contribution in [0.3, 0.4) is 0 Å². The molecule has 4 heterocycles. The first-order valence-electron chi connectivity index (χ1n) is 14.0. The third-order valence-corrected chi connectivity index (χ3v) is 8.67. The Morgan fingerprint density at radius 1 is 1.05 bits per heavy atom. The number of amides is 2. The summed E-state index contributed by atoms with van der Waals surface area (Å²) in [6.45, 7) is 9.24. The average Bonchev–Trinajstić information content (AvgIpc) is 3.09. The van der Waals surface area contributed by atoms with Crippen LogP contribution in [0.4, 0.5) is 0 Å². The van der Waals surface area contributed by atoms with Crippen LogP contribution in [-0.2, 0) is 43.2 Å². The molecule has 0 unspecified atom stereocenters. The van der Waals surface area contributed by atoms with Crippen LogP contribution in [0.5, 0.6) is 0 Å². The quantitative estimate of drug-likeness (QED) is 0.270. The number of rotatable bonds is 10. The highest BCUT2D eigenvalue weighted by molar-refractivity contribution is 5.90. The molecular formula is C27H42N2O10. The van der Waals surface area contributed by atoms with Crippen molar-refractivity contribution in [3.05, 3.63) is 0 Å². The zero-order valence-corrected chi connectivity index (χ0v) is 23.4. The molecule has 5 fully saturated rings. The van der Waals surface area contributed by atoms with Gasteiger partial charge in [-0.05, 0) is 50.4 Å². The molecule has 12 nitrogen and oxygen atoms in total. The Balaban J connectivity index is 1.35. The molecule has 0 radical (unpaired) electrons. The Bertz CT molecular complexity index is 959. The second kappa shape index (κ2) is 11.7. The lowest BCUT2D eigenvalue weighted by atomic mass is 9.58. The zero-order chi connectivity index (χ0) is 28.5. The van der Waals surface area contributed by atoms with Crippen LogP contribution in [0.15, 0.2) is 0 Å². The number of fused-ring (bicyclic) bond motifs is 2. The minimum Gasteiger partial charge on any atom is -0.480 e. The first-order chi connectivity index (χ1) is 18.3. The smallest absolute Gasteiger partial charge is 0.322 e. The fraction of sp³-hybridized carbons (Fsp3) is 0.852. The van der Waals surface area contributed by atoms with Crippen molar-refractivity contribution in [1.29, 1.82) is 0 Å². The molecule has 1 aliphatic carbocycles. The van der Waals surface area contributed by atoms with Gasteiger partial charge in [-0.1, -0.05) is 27.7 Å². The van der Waals surface area contributed by atoms with Crippen LogP contribution in [0, 0.1) is 29.6 Å². The summed E-state index contributed by atoms with van der Waals surface area (Å²) in [6.07, 6.45) is 1.77. The summed E-state index contributed by atoms with van der Waals surface area (Å²) in [5, 5.41) is 13.7. The van der Waals surface area contributed by atoms with Crippen LogP contribution in [0.2, 0.25) is 0 Å². The third kappa shape index (κ3) is 6.23. The molecule has 0 aromatic carbocycles. The Kier molecular flexibility index (Phi) is 8.89. The average molecular weight is 555 g/mol. The summed E-state index contributed by atoms with van der Waals surface area (Å²) < 4.78 is 18.2. The van der Waals surface area contributed by atoms with Gasteiger partial charge < -0.3 is 30.0 Å². The Hall–Kier alpha value is -2.28. The van der Waals surface area contributed by atoms with Crippen LogP contribution in [-0.4, -0.2) is 65.4 Å². The van der Waals surface area contributed by atoms with Crippen molar-refractivity contribution in [2.24, 2.45) is 29.6 Å². The summed E-state index contributed by atoms with van der Waals surface area (Å²) in [7, 11) is 0. The summed E-state index contributed by atoms with van der Waals surface area (Å²) in [4.78, 5) is 60.4. The van der Waals surface area contributed by atoms with Gasteiger partial charge in [0, 0.05) is 24.7 Å². The monoisotopic (exact) mass is 554 g/mol. The minimum atomic E-state index is -1.18. The second-order valence-electron chi connectivity index (χ2n) is 12.1. The minimum absolute atomic E-state index is 0.00213. The fourth-order valence-electron chi connectivity index (χ4n) is 6.67. The maximum Gasteiger partial charge on any atom is 0.322 e. The number of hydrogen-bond acceptors (Lipinski definition) is 9. The lowest BCUT2D eigenvalue weighted by molar-refractivity contribution is -0.576. The topological polar surface area (TPSA) is 159 Å². The van der Waals surface area contributed by atoms with Gasteiger partial charge in [0.15, 0.2) is 11.9 Å². The van der Waals surface area contributed by atoms with Gasteiger partial charge in [0.2, 0.25) is 23.9 Å². The second-order valence-corrected chi connectivity index (χ2v) is 12.1. The molecule has 220 valence electrons. The molecule has 1 spiro atoms. The molecule has 4 saturated heterocycles. The SMILES string of the molecule is CC(C)C[C@H](NC(=O)CCC(=O)O[C@@H]1O[C@H]2O[C@]3(C)CC[C@H]4[C@H](C)CC[C@H]([C@@H]1C)[C@@]24OO3)C(=O)NCC(=O)O. The zero-order valence-electron chi connectivity index (χ0n) is 23.4. The van der Waals surface area contributed by atoms with E-state index in [0.717, 1.165) is 19.3 Å². The number of carbonyl (C=O) groups excluding carboxylic acids is 3. The predicted octanol–water partition coefficient (Wildman–Crippen LogP) is 2.25. The summed E-state index contributed by atoms with van der Waals surface area (Å²) in [6, 6.07) is -0.904. The van der Waals surface area contributed by atoms with E-state index in [4.69, 9.17) is 29.1 Å². The van der Waals surface area contributed by atoms with Crippen molar-refractivity contribution in [3.63, 3.8) is 0 Å². The molecule has 3 N–H and O–H groups in total. The highest BCUT2D eigenvalue weighted by atomic mass is 17.3. The molecule has 39 heavy (non-hydrogen) atoms. The Morgan fingerprint density at radius 3 is 2.49 bits per heavy atom. The number of carboxylic acid groups (broad SMARTS) is 1. The van der Waals surface area contributed by atoms with Crippen LogP contribution < -0.4 is 10.6 Å². The molecule has 12 heteroatoms. The molecule has 2 amide bonds. The summed E-state index contributed by atoms with van der Waals surface area (Å²) in [5.74, 6) is -3.31. The molecule has 0 aromatic heterocycles. The van der Waals surface area contributed by atoms with Crippen molar-refractivity contribution in [3.8, 4) is 0 Å². The highest BCUT2D eigenvalue weighted by Crippen LogP contribution is 2.60. The number of aliphatic carboxylic acids is 1. The van der Waals surface area contributed by atoms with E-state index in [0.29, 0.717) is 18.8 Å². The van der Waals surface area contributed by atoms with Crippen molar-refractivity contribution in [1.82, 2.24) is 10.6 Å². The lowest BCUT2D eigenvalue weighted by Gasteiger charge is -2.59. The fourth-order valence-corrected chi connectivity index (χ4v) is 6.67. The number of esters is 1. The van der Waals surface area contributed by atoms with E-state index in [9.17, 15) is 19.2 Å². The molecule has 5 rings (SSSR count). The van der Waals surface area contributed by atoms with Crippen molar-refractivity contribution < 1.29 is 48.3 Å². The summed E-state index contributed by atoms with van der Waals surface area (Å²) >= 11 is 0. The van der Waals surface area contributed by atoms with Gasteiger partial charge in [0.25, 0.3) is 0 Å². The van der Waals surface area contributed by atoms with Gasteiger partial charge in [-0.3, -0.25) is 19.2 Å². The maximum absolute atomic E-state index is 12.8. The standard InChI is InChI=1S/C27H42N2O10/c1-14(2)12-19(23(34)28-13-21(31)32)29-20(30)8-9-22(33)35-24-16(4)18-7-6-15(3)17-10-11-26(5)37-25(36-24)27(17,18)39-38-26/h14-19,24-25H,6-13H2,1-5H3,(H,28,34)(H,29,30)(H,31,32)/t15-,16+,17+,18-,19+,24-,25+,26+,27-/m1/s1. The van der Waals surface area contributed by atoms with E-state index in [-0.39, 0.29) is 36.5 Å². The van der Waals surface area contributed by atoms with Crippen LogP contribution in [0.1, 0.15) is 79.6 Å². The molecule has 2 bridgehead atoms. The number of carboxylic acids is 1. The van der Waals surface area contributed by atoms with E-state index in [1.54, 1.807) is 0 Å². The van der Waals surface area contributed by atoms with Crippen LogP contribution >= 0.6 is 0 Å². The van der Waals surface area contributed by atoms with E-state index in [1.165, 1.54) is 0 Å². The van der Waals surface area contributed by atoms with Gasteiger partial charge in [-0.25, -0.2) is 9.78 Å². The van der Waals surface area contributed by atoms with Gasteiger partial charge in [0.05, 0.1) is 6.42 Å². The molecular weight excluding hydrogens is 512 g/mol. The van der Waals surface area contributed by atoms with E-state index in [1.807, 2.05) is 27.7 Å². The Morgan fingerprint density at radius 2 is 1.79 bits per heavy atom. The molecule has 4 aliphatic heterocycles. The lowest BCUT2D eigenvalue weighted by Crippen LogP contribution is -2.70. The molecule has 0 aromatic rings. The predicted molar refractivity (Wildman–Crippen MR) is 134 cm³/mol. The molecule has 5 aliphatic rings. The van der Waals surface area contributed by atoms with Crippen molar-refractivity contribution >= 4 is 23.8 Å². The third-order valence-electron chi connectivity index (χ3n) is 8.67. The van der Waals surface area contributed by atoms with E-state index in [2.05, 4.69) is 17.6 Å². The van der Waals surface area contributed by atoms with Crippen LogP contribution in [0.25, 0.3) is 0 Å². The number of carbonyl (C=O) groups is 4.